The Labute approximate surface area is 224 Å². The molecular formula is C27H27ClN4O6. The quantitative estimate of drug-likeness (QED) is 0.397. The number of aliphatic hydroxyl groups excluding tert-OH is 1. The molecule has 5 rings (SSSR count). The highest BCUT2D eigenvalue weighted by atomic mass is 35.5. The second-order valence-electron chi connectivity index (χ2n) is 9.85. The summed E-state index contributed by atoms with van der Waals surface area (Å²) in [5.41, 5.74) is 2.68. The number of carbonyl (C=O) groups excluding carboxylic acids is 4. The van der Waals surface area contributed by atoms with Crippen molar-refractivity contribution in [2.45, 2.75) is 43.9 Å². The van der Waals surface area contributed by atoms with Crippen molar-refractivity contribution in [1.29, 1.82) is 0 Å². The minimum atomic E-state index is -1.37. The molecule has 3 aliphatic heterocycles. The molecule has 2 fully saturated rings. The SMILES string of the molecule is Cc1ccc(NC(=O)CC2(c3cccc(NC4=CC(=O)N(C5CCC(=O)NC5=O)C4O)c3)COC2)cc1Cl. The fraction of sp³-hybridized carbons (Fsp3) is 0.333. The van der Waals surface area contributed by atoms with Gasteiger partial charge in [-0.2, -0.15) is 0 Å². The van der Waals surface area contributed by atoms with Crippen molar-refractivity contribution in [2.75, 3.05) is 23.8 Å². The van der Waals surface area contributed by atoms with E-state index in [4.69, 9.17) is 16.3 Å². The molecule has 0 aromatic heterocycles. The molecule has 198 valence electrons. The van der Waals surface area contributed by atoms with Gasteiger partial charge in [0.15, 0.2) is 6.23 Å². The van der Waals surface area contributed by atoms with Gasteiger partial charge < -0.3 is 20.5 Å². The van der Waals surface area contributed by atoms with Gasteiger partial charge in [-0.25, -0.2) is 0 Å². The van der Waals surface area contributed by atoms with Crippen molar-refractivity contribution in [3.8, 4) is 0 Å². The second-order valence-corrected chi connectivity index (χ2v) is 10.3. The lowest BCUT2D eigenvalue weighted by Gasteiger charge is -2.41. The molecule has 2 saturated heterocycles. The largest absolute Gasteiger partial charge is 0.379 e. The molecule has 3 aliphatic rings. The number of halogens is 1. The Morgan fingerprint density at radius 1 is 1.18 bits per heavy atom. The number of imide groups is 1. The highest BCUT2D eigenvalue weighted by molar-refractivity contribution is 6.31. The lowest BCUT2D eigenvalue weighted by Crippen LogP contribution is -2.55. The molecular weight excluding hydrogens is 512 g/mol. The lowest BCUT2D eigenvalue weighted by atomic mass is 9.75. The number of ether oxygens (including phenoxy) is 1. The molecule has 10 nitrogen and oxygen atoms in total. The highest BCUT2D eigenvalue weighted by Crippen LogP contribution is 2.38. The van der Waals surface area contributed by atoms with Crippen molar-refractivity contribution < 1.29 is 29.0 Å². The summed E-state index contributed by atoms with van der Waals surface area (Å²) in [6.07, 6.45) is 0.289. The smallest absolute Gasteiger partial charge is 0.251 e. The summed E-state index contributed by atoms with van der Waals surface area (Å²) >= 11 is 6.18. The molecule has 3 heterocycles. The van der Waals surface area contributed by atoms with E-state index in [1.807, 2.05) is 31.2 Å². The van der Waals surface area contributed by atoms with Gasteiger partial charge in [0.2, 0.25) is 17.7 Å². The monoisotopic (exact) mass is 538 g/mol. The molecule has 4 amide bonds. The number of nitrogens with one attached hydrogen (secondary N) is 3. The summed E-state index contributed by atoms with van der Waals surface area (Å²) in [7, 11) is 0. The number of rotatable bonds is 7. The summed E-state index contributed by atoms with van der Waals surface area (Å²) in [4.78, 5) is 50.3. The number of carbonyl (C=O) groups is 4. The van der Waals surface area contributed by atoms with Crippen LogP contribution >= 0.6 is 11.6 Å². The van der Waals surface area contributed by atoms with Gasteiger partial charge in [0.05, 0.1) is 24.3 Å². The van der Waals surface area contributed by atoms with Crippen LogP contribution in [0.2, 0.25) is 5.02 Å². The van der Waals surface area contributed by atoms with E-state index in [-0.39, 0.29) is 30.9 Å². The first kappa shape index (κ1) is 25.9. The second kappa shape index (κ2) is 10.2. The van der Waals surface area contributed by atoms with E-state index in [1.165, 1.54) is 6.08 Å². The van der Waals surface area contributed by atoms with Crippen LogP contribution in [0.3, 0.4) is 0 Å². The number of nitrogens with zero attached hydrogens (tertiary/aromatic N) is 1. The van der Waals surface area contributed by atoms with Crippen LogP contribution in [0.15, 0.2) is 54.2 Å². The number of hydrogen-bond acceptors (Lipinski definition) is 7. The zero-order valence-corrected chi connectivity index (χ0v) is 21.4. The Morgan fingerprint density at radius 2 is 1.97 bits per heavy atom. The Hall–Kier alpha value is -3.73. The van der Waals surface area contributed by atoms with E-state index in [2.05, 4.69) is 16.0 Å². The van der Waals surface area contributed by atoms with Gasteiger partial charge in [0.25, 0.3) is 5.91 Å². The third kappa shape index (κ3) is 5.02. The minimum Gasteiger partial charge on any atom is -0.379 e. The Morgan fingerprint density at radius 3 is 2.66 bits per heavy atom. The first-order chi connectivity index (χ1) is 18.1. The summed E-state index contributed by atoms with van der Waals surface area (Å²) in [6, 6.07) is 11.8. The average Bonchev–Trinajstić information content (AvgIpc) is 3.11. The predicted octanol–water partition coefficient (Wildman–Crippen LogP) is 2.21. The zero-order chi connectivity index (χ0) is 27.0. The molecule has 4 N–H and O–H groups in total. The van der Waals surface area contributed by atoms with Crippen molar-refractivity contribution in [3.63, 3.8) is 0 Å². The molecule has 0 spiro atoms. The van der Waals surface area contributed by atoms with Gasteiger partial charge in [-0.1, -0.05) is 29.8 Å². The van der Waals surface area contributed by atoms with Crippen LogP contribution in [0.5, 0.6) is 0 Å². The number of benzene rings is 2. The van der Waals surface area contributed by atoms with Crippen molar-refractivity contribution in [2.24, 2.45) is 0 Å². The summed E-state index contributed by atoms with van der Waals surface area (Å²) in [5, 5.41) is 19.6. The standard InChI is InChI=1S/C27H27ClN4O6/c1-15-5-6-18(10-19(15)28)30-23(34)12-27(13-38-14-27)16-3-2-4-17(9-16)29-20-11-24(35)32(26(20)37)21-7-8-22(33)31-25(21)36/h2-6,9-11,21,26,29,37H,7-8,12-14H2,1H3,(H,30,34)(H,31,33,36). The highest BCUT2D eigenvalue weighted by Gasteiger charge is 2.44. The summed E-state index contributed by atoms with van der Waals surface area (Å²) in [6.45, 7) is 2.62. The zero-order valence-electron chi connectivity index (χ0n) is 20.6. The van der Waals surface area contributed by atoms with Crippen LogP contribution < -0.4 is 16.0 Å². The fourth-order valence-corrected chi connectivity index (χ4v) is 5.10. The molecule has 2 aromatic carbocycles. The number of hydrogen-bond donors (Lipinski definition) is 4. The van der Waals surface area contributed by atoms with E-state index in [0.717, 1.165) is 16.0 Å². The van der Waals surface area contributed by atoms with E-state index in [1.54, 1.807) is 18.2 Å². The molecule has 0 bridgehead atoms. The Kier molecular flexibility index (Phi) is 6.95. The van der Waals surface area contributed by atoms with Crippen LogP contribution in [-0.2, 0) is 29.3 Å². The maximum Gasteiger partial charge on any atom is 0.251 e. The topological polar surface area (TPSA) is 137 Å². The fourth-order valence-electron chi connectivity index (χ4n) is 4.92. The average molecular weight is 539 g/mol. The maximum atomic E-state index is 12.9. The van der Waals surface area contributed by atoms with E-state index in [9.17, 15) is 24.3 Å². The van der Waals surface area contributed by atoms with Crippen LogP contribution in [0.4, 0.5) is 11.4 Å². The van der Waals surface area contributed by atoms with E-state index >= 15 is 0 Å². The van der Waals surface area contributed by atoms with Crippen LogP contribution in [-0.4, -0.2) is 59.1 Å². The third-order valence-corrected chi connectivity index (χ3v) is 7.50. The van der Waals surface area contributed by atoms with Gasteiger partial charge in [-0.05, 0) is 48.7 Å². The molecule has 2 unspecified atom stereocenters. The number of anilines is 2. The van der Waals surface area contributed by atoms with E-state index < -0.39 is 35.4 Å². The van der Waals surface area contributed by atoms with Crippen LogP contribution in [0, 0.1) is 6.92 Å². The summed E-state index contributed by atoms with van der Waals surface area (Å²) in [5.74, 6) is -1.71. The molecule has 2 aromatic rings. The maximum absolute atomic E-state index is 12.9. The first-order valence-electron chi connectivity index (χ1n) is 12.2. The van der Waals surface area contributed by atoms with E-state index in [0.29, 0.717) is 29.6 Å². The number of aliphatic hydroxyl groups is 1. The minimum absolute atomic E-state index is 0.0897. The predicted molar refractivity (Wildman–Crippen MR) is 139 cm³/mol. The Balaban J connectivity index is 1.28. The molecule has 11 heteroatoms. The first-order valence-corrected chi connectivity index (χ1v) is 12.6. The summed E-state index contributed by atoms with van der Waals surface area (Å²) < 4.78 is 5.50. The van der Waals surface area contributed by atoms with Gasteiger partial charge in [0.1, 0.15) is 6.04 Å². The normalized spacial score (nSPS) is 22.4. The molecule has 0 radical (unpaired) electrons. The number of amides is 4. The Bertz CT molecular complexity index is 1350. The lowest BCUT2D eigenvalue weighted by molar-refractivity contribution is -0.148. The van der Waals surface area contributed by atoms with Gasteiger partial charge >= 0.3 is 0 Å². The third-order valence-electron chi connectivity index (χ3n) is 7.10. The van der Waals surface area contributed by atoms with Crippen molar-refractivity contribution >= 4 is 46.6 Å². The molecule has 38 heavy (non-hydrogen) atoms. The molecule has 2 atom stereocenters. The van der Waals surface area contributed by atoms with Crippen LogP contribution in [0.1, 0.15) is 30.4 Å². The van der Waals surface area contributed by atoms with Gasteiger partial charge in [-0.15, -0.1) is 0 Å². The van der Waals surface area contributed by atoms with Crippen molar-refractivity contribution in [3.05, 3.63) is 70.4 Å². The number of piperidine rings is 1. The van der Waals surface area contributed by atoms with Gasteiger partial charge in [0, 0.05) is 35.3 Å². The molecule has 0 aliphatic carbocycles. The molecule has 0 saturated carbocycles. The number of aryl methyl sites for hydroxylation is 1. The van der Waals surface area contributed by atoms with Crippen molar-refractivity contribution in [1.82, 2.24) is 10.2 Å². The van der Waals surface area contributed by atoms with Gasteiger partial charge in [-0.3, -0.25) is 29.4 Å². The van der Waals surface area contributed by atoms with Crippen LogP contribution in [0.25, 0.3) is 0 Å².